The Kier molecular flexibility index (Phi) is 7.03. The Bertz CT molecular complexity index is 1020. The predicted molar refractivity (Wildman–Crippen MR) is 101 cm³/mol. The van der Waals surface area contributed by atoms with E-state index in [1.165, 1.54) is 28.2 Å². The molecule has 1 aromatic carbocycles. The molecule has 3 N–H and O–H groups in total. The number of amides is 2. The normalized spacial score (nSPS) is 11.9. The molecular formula is C17H18F3N3O4S2. The summed E-state index contributed by atoms with van der Waals surface area (Å²) >= 11 is 1.29. The van der Waals surface area contributed by atoms with Crippen LogP contribution in [0.25, 0.3) is 0 Å². The van der Waals surface area contributed by atoms with Crippen LogP contribution in [-0.4, -0.2) is 33.0 Å². The molecule has 1 heterocycles. The summed E-state index contributed by atoms with van der Waals surface area (Å²) in [7, 11) is -4.46. The van der Waals surface area contributed by atoms with Gasteiger partial charge < -0.3 is 0 Å². The van der Waals surface area contributed by atoms with Gasteiger partial charge in [0.1, 0.15) is 6.54 Å². The van der Waals surface area contributed by atoms with Crippen molar-refractivity contribution in [2.24, 2.45) is 0 Å². The maximum absolute atomic E-state index is 12.2. The number of carbonyl (C=O) groups is 2. The summed E-state index contributed by atoms with van der Waals surface area (Å²) in [4.78, 5) is 25.2. The molecule has 0 unspecified atom stereocenters. The summed E-state index contributed by atoms with van der Waals surface area (Å²) in [5, 5.41) is 0. The first-order valence-corrected chi connectivity index (χ1v) is 10.6. The first-order chi connectivity index (χ1) is 13.4. The summed E-state index contributed by atoms with van der Waals surface area (Å²) in [6, 6.07) is 6.10. The number of rotatable bonds is 6. The van der Waals surface area contributed by atoms with Crippen molar-refractivity contribution in [1.82, 2.24) is 15.6 Å². The first kappa shape index (κ1) is 22.8. The van der Waals surface area contributed by atoms with Crippen LogP contribution in [0.5, 0.6) is 0 Å². The molecule has 0 spiro atoms. The highest BCUT2D eigenvalue weighted by Gasteiger charge is 2.30. The van der Waals surface area contributed by atoms with Gasteiger partial charge in [-0.3, -0.25) is 20.4 Å². The Morgan fingerprint density at radius 2 is 1.76 bits per heavy atom. The minimum absolute atomic E-state index is 0.156. The quantitative estimate of drug-likeness (QED) is 0.590. The average Bonchev–Trinajstić information content (AvgIpc) is 3.05. The SMILES string of the molecule is CCc1sc(C(=O)NNC(=O)c2cccc(S(=O)(=O)NCC(F)(F)F)c2)cc1C. The van der Waals surface area contributed by atoms with Gasteiger partial charge in [-0.25, -0.2) is 13.1 Å². The van der Waals surface area contributed by atoms with Gasteiger partial charge in [-0.15, -0.1) is 11.3 Å². The molecule has 2 amide bonds. The van der Waals surface area contributed by atoms with E-state index in [0.29, 0.717) is 4.88 Å². The van der Waals surface area contributed by atoms with Crippen LogP contribution in [0, 0.1) is 6.92 Å². The van der Waals surface area contributed by atoms with Gasteiger partial charge in [-0.05, 0) is 43.2 Å². The number of sulfonamides is 1. The molecule has 158 valence electrons. The molecule has 2 aromatic rings. The van der Waals surface area contributed by atoms with Crippen molar-refractivity contribution in [2.45, 2.75) is 31.3 Å². The van der Waals surface area contributed by atoms with Gasteiger partial charge in [0.15, 0.2) is 0 Å². The highest BCUT2D eigenvalue weighted by atomic mass is 32.2. The average molecular weight is 449 g/mol. The van der Waals surface area contributed by atoms with Gasteiger partial charge >= 0.3 is 6.18 Å². The van der Waals surface area contributed by atoms with Crippen LogP contribution in [0.15, 0.2) is 35.2 Å². The van der Waals surface area contributed by atoms with Crippen LogP contribution in [0.1, 0.15) is 37.4 Å². The molecule has 0 aliphatic rings. The lowest BCUT2D eigenvalue weighted by Gasteiger charge is -2.11. The van der Waals surface area contributed by atoms with Crippen molar-refractivity contribution >= 4 is 33.2 Å². The minimum atomic E-state index is -4.72. The third kappa shape index (κ3) is 6.27. The molecule has 0 saturated carbocycles. The standard InChI is InChI=1S/C17H18F3N3O4S2/c1-3-13-10(2)7-14(28-13)16(25)23-22-15(24)11-5-4-6-12(8-11)29(26,27)21-9-17(18,19)20/h4-8,21H,3,9H2,1-2H3,(H,22,24)(H,23,25). The van der Waals surface area contributed by atoms with E-state index in [1.54, 1.807) is 6.07 Å². The number of aryl methyl sites for hydroxylation is 2. The molecule has 0 aliphatic heterocycles. The lowest BCUT2D eigenvalue weighted by atomic mass is 10.2. The van der Waals surface area contributed by atoms with Crippen molar-refractivity contribution < 1.29 is 31.2 Å². The minimum Gasteiger partial charge on any atom is -0.267 e. The maximum atomic E-state index is 12.2. The Hall–Kier alpha value is -2.44. The smallest absolute Gasteiger partial charge is 0.267 e. The Morgan fingerprint density at radius 3 is 2.34 bits per heavy atom. The molecule has 0 bridgehead atoms. The summed E-state index contributed by atoms with van der Waals surface area (Å²) < 4.78 is 62.1. The van der Waals surface area contributed by atoms with E-state index in [4.69, 9.17) is 0 Å². The zero-order valence-electron chi connectivity index (χ0n) is 15.4. The predicted octanol–water partition coefficient (Wildman–Crippen LogP) is 2.53. The number of hydrogen-bond donors (Lipinski definition) is 3. The second-order valence-electron chi connectivity index (χ2n) is 5.95. The fraction of sp³-hybridized carbons (Fsp3) is 0.294. The number of hydrazine groups is 1. The Labute approximate surface area is 169 Å². The van der Waals surface area contributed by atoms with Crippen LogP contribution in [0.2, 0.25) is 0 Å². The van der Waals surface area contributed by atoms with Crippen LogP contribution in [-0.2, 0) is 16.4 Å². The highest BCUT2D eigenvalue weighted by Crippen LogP contribution is 2.22. The number of alkyl halides is 3. The molecule has 0 radical (unpaired) electrons. The summed E-state index contributed by atoms with van der Waals surface area (Å²) in [5.74, 6) is -1.36. The highest BCUT2D eigenvalue weighted by molar-refractivity contribution is 7.89. The topological polar surface area (TPSA) is 104 Å². The number of halogens is 3. The molecule has 0 aliphatic carbocycles. The van der Waals surface area contributed by atoms with Crippen LogP contribution < -0.4 is 15.6 Å². The first-order valence-electron chi connectivity index (χ1n) is 8.29. The van der Waals surface area contributed by atoms with E-state index in [9.17, 15) is 31.2 Å². The Balaban J connectivity index is 2.06. The summed E-state index contributed by atoms with van der Waals surface area (Å²) in [6.07, 6.45) is -3.95. The van der Waals surface area contributed by atoms with Gasteiger partial charge in [0.05, 0.1) is 9.77 Å². The lowest BCUT2D eigenvalue weighted by Crippen LogP contribution is -2.41. The Morgan fingerprint density at radius 1 is 1.10 bits per heavy atom. The third-order valence-electron chi connectivity index (χ3n) is 3.72. The molecule has 1 aromatic heterocycles. The number of benzene rings is 1. The third-order valence-corrected chi connectivity index (χ3v) is 6.50. The molecular weight excluding hydrogens is 431 g/mol. The number of nitrogens with one attached hydrogen (secondary N) is 3. The number of thiophene rings is 1. The summed E-state index contributed by atoms with van der Waals surface area (Å²) in [6.45, 7) is 2.08. The second kappa shape index (κ2) is 8.93. The summed E-state index contributed by atoms with van der Waals surface area (Å²) in [5.41, 5.74) is 5.18. The van der Waals surface area contributed by atoms with Crippen molar-refractivity contribution in [3.8, 4) is 0 Å². The van der Waals surface area contributed by atoms with E-state index < -0.39 is 39.5 Å². The fourth-order valence-electron chi connectivity index (χ4n) is 2.29. The van der Waals surface area contributed by atoms with E-state index in [1.807, 2.05) is 13.8 Å². The van der Waals surface area contributed by atoms with Gasteiger partial charge in [-0.2, -0.15) is 13.2 Å². The lowest BCUT2D eigenvalue weighted by molar-refractivity contribution is -0.121. The fourth-order valence-corrected chi connectivity index (χ4v) is 4.36. The van der Waals surface area contributed by atoms with Crippen LogP contribution in [0.3, 0.4) is 0 Å². The molecule has 2 rings (SSSR count). The van der Waals surface area contributed by atoms with Crippen molar-refractivity contribution in [3.05, 3.63) is 51.2 Å². The molecule has 0 atom stereocenters. The van der Waals surface area contributed by atoms with E-state index >= 15 is 0 Å². The number of hydrogen-bond acceptors (Lipinski definition) is 5. The molecule has 29 heavy (non-hydrogen) atoms. The van der Waals surface area contributed by atoms with Gasteiger partial charge in [0.25, 0.3) is 11.8 Å². The largest absolute Gasteiger partial charge is 0.402 e. The van der Waals surface area contributed by atoms with Crippen LogP contribution >= 0.6 is 11.3 Å². The van der Waals surface area contributed by atoms with Gasteiger partial charge in [-0.1, -0.05) is 13.0 Å². The van der Waals surface area contributed by atoms with E-state index in [0.717, 1.165) is 29.0 Å². The van der Waals surface area contributed by atoms with Gasteiger partial charge in [0.2, 0.25) is 10.0 Å². The van der Waals surface area contributed by atoms with Crippen molar-refractivity contribution in [3.63, 3.8) is 0 Å². The van der Waals surface area contributed by atoms with Crippen molar-refractivity contribution in [2.75, 3.05) is 6.54 Å². The van der Waals surface area contributed by atoms with E-state index in [-0.39, 0.29) is 5.56 Å². The molecule has 12 heteroatoms. The van der Waals surface area contributed by atoms with Crippen molar-refractivity contribution in [1.29, 1.82) is 0 Å². The molecule has 7 nitrogen and oxygen atoms in total. The van der Waals surface area contributed by atoms with Crippen LogP contribution in [0.4, 0.5) is 13.2 Å². The monoisotopic (exact) mass is 449 g/mol. The molecule has 0 saturated heterocycles. The van der Waals surface area contributed by atoms with Gasteiger partial charge in [0, 0.05) is 10.4 Å². The van der Waals surface area contributed by atoms with E-state index in [2.05, 4.69) is 10.9 Å². The maximum Gasteiger partial charge on any atom is 0.402 e. The molecule has 0 fully saturated rings. The second-order valence-corrected chi connectivity index (χ2v) is 8.85. The number of carbonyl (C=O) groups excluding carboxylic acids is 2. The zero-order valence-corrected chi connectivity index (χ0v) is 17.0. The zero-order chi connectivity index (χ0) is 21.8.